The van der Waals surface area contributed by atoms with Crippen LogP contribution in [0.5, 0.6) is 0 Å². The molecule has 0 aliphatic carbocycles. The van der Waals surface area contributed by atoms with E-state index in [9.17, 15) is 9.59 Å². The standard InChI is InChI=1S/C23H27N5O2/c1-3-20(21-25-19-12-8-7-11-18(19)22(29)26(21)2)27-13-15-28(16-14-27)23(30)24-17-9-5-4-6-10-17/h4-12,20H,3,13-16H2,1-2H3,(H,24,30). The number of carbonyl (C=O) groups excluding carboxylic acids is 1. The summed E-state index contributed by atoms with van der Waals surface area (Å²) in [5.74, 6) is 0.781. The topological polar surface area (TPSA) is 70.5 Å². The summed E-state index contributed by atoms with van der Waals surface area (Å²) < 4.78 is 1.67. The Kier molecular flexibility index (Phi) is 5.81. The van der Waals surface area contributed by atoms with Crippen molar-refractivity contribution >= 4 is 22.6 Å². The van der Waals surface area contributed by atoms with E-state index in [0.717, 1.165) is 36.5 Å². The van der Waals surface area contributed by atoms with Crippen molar-refractivity contribution in [3.8, 4) is 0 Å². The normalized spacial score (nSPS) is 15.9. The minimum atomic E-state index is -0.0786. The van der Waals surface area contributed by atoms with Crippen molar-refractivity contribution in [1.29, 1.82) is 0 Å². The predicted octanol–water partition coefficient (Wildman–Crippen LogP) is 3.23. The van der Waals surface area contributed by atoms with Crippen LogP contribution in [0.25, 0.3) is 10.9 Å². The fraction of sp³-hybridized carbons (Fsp3) is 0.348. The number of anilines is 1. The Morgan fingerprint density at radius 2 is 1.70 bits per heavy atom. The van der Waals surface area contributed by atoms with Crippen molar-refractivity contribution in [2.24, 2.45) is 7.05 Å². The van der Waals surface area contributed by atoms with Gasteiger partial charge in [0.1, 0.15) is 5.82 Å². The van der Waals surface area contributed by atoms with E-state index in [1.54, 1.807) is 11.6 Å². The lowest BCUT2D eigenvalue weighted by Crippen LogP contribution is -2.51. The first kappa shape index (κ1) is 20.1. The van der Waals surface area contributed by atoms with E-state index in [4.69, 9.17) is 4.98 Å². The number of para-hydroxylation sites is 2. The highest BCUT2D eigenvalue weighted by Crippen LogP contribution is 2.24. The zero-order valence-electron chi connectivity index (χ0n) is 17.4. The van der Waals surface area contributed by atoms with Gasteiger partial charge < -0.3 is 10.2 Å². The molecule has 0 bridgehead atoms. The average Bonchev–Trinajstić information content (AvgIpc) is 2.78. The van der Waals surface area contributed by atoms with Gasteiger partial charge in [0.25, 0.3) is 5.56 Å². The Morgan fingerprint density at radius 1 is 1.03 bits per heavy atom. The number of hydrogen-bond acceptors (Lipinski definition) is 4. The minimum Gasteiger partial charge on any atom is -0.322 e. The third-order valence-corrected chi connectivity index (χ3v) is 5.77. The van der Waals surface area contributed by atoms with E-state index in [2.05, 4.69) is 17.1 Å². The maximum atomic E-state index is 12.8. The first-order chi connectivity index (χ1) is 14.6. The molecule has 3 aromatic rings. The Labute approximate surface area is 175 Å². The van der Waals surface area contributed by atoms with Gasteiger partial charge in [-0.15, -0.1) is 0 Å². The summed E-state index contributed by atoms with van der Waals surface area (Å²) in [6, 6.07) is 16.9. The van der Waals surface area contributed by atoms with E-state index in [0.29, 0.717) is 18.5 Å². The molecule has 1 aliphatic rings. The van der Waals surface area contributed by atoms with Crippen LogP contribution in [0.15, 0.2) is 59.4 Å². The van der Waals surface area contributed by atoms with Gasteiger partial charge in [0.15, 0.2) is 0 Å². The first-order valence-corrected chi connectivity index (χ1v) is 10.4. The molecule has 0 radical (unpaired) electrons. The number of benzene rings is 2. The van der Waals surface area contributed by atoms with Gasteiger partial charge >= 0.3 is 6.03 Å². The van der Waals surface area contributed by atoms with Crippen molar-refractivity contribution in [3.63, 3.8) is 0 Å². The molecule has 1 atom stereocenters. The number of fused-ring (bicyclic) bond motifs is 1. The summed E-state index contributed by atoms with van der Waals surface area (Å²) in [6.07, 6.45) is 0.842. The van der Waals surface area contributed by atoms with Crippen LogP contribution in [-0.2, 0) is 7.05 Å². The molecule has 7 nitrogen and oxygen atoms in total. The molecule has 1 fully saturated rings. The highest BCUT2D eigenvalue weighted by atomic mass is 16.2. The van der Waals surface area contributed by atoms with E-state index < -0.39 is 0 Å². The van der Waals surface area contributed by atoms with Crippen molar-refractivity contribution in [1.82, 2.24) is 19.4 Å². The molecule has 2 aromatic carbocycles. The quantitative estimate of drug-likeness (QED) is 0.723. The zero-order valence-corrected chi connectivity index (χ0v) is 17.4. The molecule has 1 aliphatic heterocycles. The summed E-state index contributed by atoms with van der Waals surface area (Å²) >= 11 is 0. The third kappa shape index (κ3) is 3.93. The second kappa shape index (κ2) is 8.67. The van der Waals surface area contributed by atoms with Crippen LogP contribution in [0.3, 0.4) is 0 Å². The molecule has 2 heterocycles. The van der Waals surface area contributed by atoms with Crippen LogP contribution in [0.4, 0.5) is 10.5 Å². The van der Waals surface area contributed by atoms with Gasteiger partial charge in [0.05, 0.1) is 16.9 Å². The van der Waals surface area contributed by atoms with Crippen LogP contribution >= 0.6 is 0 Å². The number of aromatic nitrogens is 2. The summed E-state index contributed by atoms with van der Waals surface area (Å²) in [7, 11) is 1.79. The molecule has 1 aromatic heterocycles. The highest BCUT2D eigenvalue weighted by molar-refractivity contribution is 5.89. The molecular weight excluding hydrogens is 378 g/mol. The van der Waals surface area contributed by atoms with Crippen molar-refractivity contribution in [2.75, 3.05) is 31.5 Å². The fourth-order valence-corrected chi connectivity index (χ4v) is 4.10. The van der Waals surface area contributed by atoms with Gasteiger partial charge in [-0.05, 0) is 30.7 Å². The van der Waals surface area contributed by atoms with Crippen LogP contribution in [0.2, 0.25) is 0 Å². The first-order valence-electron chi connectivity index (χ1n) is 10.4. The van der Waals surface area contributed by atoms with Crippen LogP contribution in [0.1, 0.15) is 25.2 Å². The summed E-state index contributed by atoms with van der Waals surface area (Å²) in [6.45, 7) is 4.86. The smallest absolute Gasteiger partial charge is 0.321 e. The number of urea groups is 1. The third-order valence-electron chi connectivity index (χ3n) is 5.77. The molecule has 4 rings (SSSR count). The van der Waals surface area contributed by atoms with E-state index in [1.165, 1.54) is 0 Å². The van der Waals surface area contributed by atoms with Crippen molar-refractivity contribution < 1.29 is 4.79 Å². The van der Waals surface area contributed by atoms with Crippen LogP contribution < -0.4 is 10.9 Å². The van der Waals surface area contributed by atoms with Crippen molar-refractivity contribution in [3.05, 3.63) is 70.8 Å². The lowest BCUT2D eigenvalue weighted by molar-refractivity contribution is 0.105. The molecule has 1 saturated heterocycles. The van der Waals surface area contributed by atoms with Gasteiger partial charge in [-0.3, -0.25) is 14.3 Å². The fourth-order valence-electron chi connectivity index (χ4n) is 4.10. The molecular formula is C23H27N5O2. The number of nitrogens with one attached hydrogen (secondary N) is 1. The molecule has 1 unspecified atom stereocenters. The van der Waals surface area contributed by atoms with Gasteiger partial charge in [0.2, 0.25) is 0 Å². The van der Waals surface area contributed by atoms with Gasteiger partial charge in [-0.1, -0.05) is 37.3 Å². The maximum Gasteiger partial charge on any atom is 0.321 e. The van der Waals surface area contributed by atoms with E-state index in [-0.39, 0.29) is 17.6 Å². The summed E-state index contributed by atoms with van der Waals surface area (Å²) in [4.78, 5) is 34.4. The minimum absolute atomic E-state index is 0.0186. The Morgan fingerprint density at radius 3 is 2.40 bits per heavy atom. The number of piperazine rings is 1. The van der Waals surface area contributed by atoms with Gasteiger partial charge in [0, 0.05) is 38.9 Å². The van der Waals surface area contributed by atoms with Gasteiger partial charge in [-0.2, -0.15) is 0 Å². The Hall–Kier alpha value is -3.19. The second-order valence-corrected chi connectivity index (χ2v) is 7.59. The number of carbonyl (C=O) groups is 1. The van der Waals surface area contributed by atoms with Crippen LogP contribution in [-0.4, -0.2) is 51.6 Å². The number of hydrogen-bond donors (Lipinski definition) is 1. The molecule has 0 spiro atoms. The molecule has 30 heavy (non-hydrogen) atoms. The lowest BCUT2D eigenvalue weighted by atomic mass is 10.1. The largest absolute Gasteiger partial charge is 0.322 e. The number of nitrogens with zero attached hydrogens (tertiary/aromatic N) is 4. The van der Waals surface area contributed by atoms with Gasteiger partial charge in [-0.25, -0.2) is 9.78 Å². The monoisotopic (exact) mass is 405 g/mol. The van der Waals surface area contributed by atoms with E-state index >= 15 is 0 Å². The molecule has 156 valence electrons. The lowest BCUT2D eigenvalue weighted by Gasteiger charge is -2.39. The van der Waals surface area contributed by atoms with E-state index in [1.807, 2.05) is 59.5 Å². The van der Waals surface area contributed by atoms with Crippen LogP contribution in [0, 0.1) is 0 Å². The SMILES string of the molecule is CCC(c1nc2ccccc2c(=O)n1C)N1CCN(C(=O)Nc2ccccc2)CC1. The molecule has 0 saturated carbocycles. The molecule has 7 heteroatoms. The average molecular weight is 406 g/mol. The predicted molar refractivity (Wildman–Crippen MR) is 119 cm³/mol. The second-order valence-electron chi connectivity index (χ2n) is 7.59. The number of rotatable bonds is 4. The Bertz CT molecular complexity index is 1090. The molecule has 2 amide bonds. The summed E-state index contributed by atoms with van der Waals surface area (Å²) in [5, 5.41) is 3.59. The summed E-state index contributed by atoms with van der Waals surface area (Å²) in [5.41, 5.74) is 1.51. The molecule has 1 N–H and O–H groups in total. The highest BCUT2D eigenvalue weighted by Gasteiger charge is 2.28. The Balaban J connectivity index is 1.48. The maximum absolute atomic E-state index is 12.8. The van der Waals surface area contributed by atoms with Crippen molar-refractivity contribution in [2.45, 2.75) is 19.4 Å². The number of amides is 2. The zero-order chi connectivity index (χ0) is 21.1.